The first-order valence-electron chi connectivity index (χ1n) is 9.71. The van der Waals surface area contributed by atoms with Gasteiger partial charge in [0.2, 0.25) is 0 Å². The number of hydrogen-bond donors (Lipinski definition) is 3. The van der Waals surface area contributed by atoms with Crippen LogP contribution in [0, 0.1) is 0 Å². The lowest BCUT2D eigenvalue weighted by atomic mass is 10.0. The van der Waals surface area contributed by atoms with Crippen LogP contribution >= 0.6 is 7.82 Å². The van der Waals surface area contributed by atoms with Gasteiger partial charge in [0, 0.05) is 11.5 Å². The Morgan fingerprint density at radius 2 is 1.00 bits per heavy atom. The topological polar surface area (TPSA) is 127 Å². The van der Waals surface area contributed by atoms with E-state index in [1.54, 1.807) is 0 Å². The van der Waals surface area contributed by atoms with E-state index in [0.29, 0.717) is 6.54 Å². The molecule has 0 amide bonds. The zero-order chi connectivity index (χ0) is 19.2. The second-order valence-electron chi connectivity index (χ2n) is 6.42. The summed E-state index contributed by atoms with van der Waals surface area (Å²) in [6, 6.07) is 0. The van der Waals surface area contributed by atoms with E-state index < -0.39 is 7.82 Å². The lowest BCUT2D eigenvalue weighted by molar-refractivity contribution is 0.275. The fourth-order valence-electron chi connectivity index (χ4n) is 2.60. The highest BCUT2D eigenvalue weighted by molar-refractivity contribution is 7.45. The highest BCUT2D eigenvalue weighted by Gasteiger charge is 2.00. The molecule has 0 aliphatic carbocycles. The predicted octanol–water partition coefficient (Wildman–Crippen LogP) is 6.24. The molecule has 0 aromatic rings. The average Bonchev–Trinajstić information content (AvgIpc) is 2.53. The van der Waals surface area contributed by atoms with E-state index >= 15 is 0 Å². The minimum absolute atomic E-state index is 0.675. The van der Waals surface area contributed by atoms with Gasteiger partial charge in [0.05, 0.1) is 0 Å². The van der Waals surface area contributed by atoms with Gasteiger partial charge in [-0.1, -0.05) is 102 Å². The van der Waals surface area contributed by atoms with E-state index in [9.17, 15) is 0 Å². The Labute approximate surface area is 153 Å². The van der Waals surface area contributed by atoms with Gasteiger partial charge < -0.3 is 14.7 Å². The summed E-state index contributed by atoms with van der Waals surface area (Å²) in [5, 5.41) is 3.55. The fourth-order valence-corrected chi connectivity index (χ4v) is 2.60. The molecule has 0 aromatic heterocycles. The average molecular weight is 379 g/mol. The molecule has 0 fully saturated rings. The maximum absolute atomic E-state index is 8.88. The van der Waals surface area contributed by atoms with Gasteiger partial charge in [0.1, 0.15) is 0 Å². The van der Waals surface area contributed by atoms with Crippen molar-refractivity contribution in [2.45, 2.75) is 103 Å². The summed E-state index contributed by atoms with van der Waals surface area (Å²) in [5.41, 5.74) is 8.14. The van der Waals surface area contributed by atoms with E-state index in [0.717, 1.165) is 6.42 Å². The van der Waals surface area contributed by atoms with E-state index in [2.05, 4.69) is 16.9 Å². The van der Waals surface area contributed by atoms with Gasteiger partial charge in [-0.25, -0.2) is 4.57 Å². The molecule has 0 heterocycles. The summed E-state index contributed by atoms with van der Waals surface area (Å²) in [4.78, 5) is 24.3. The summed E-state index contributed by atoms with van der Waals surface area (Å²) < 4.78 is 8.88. The Morgan fingerprint density at radius 3 is 1.28 bits per heavy atom. The van der Waals surface area contributed by atoms with Gasteiger partial charge >= 0.3 is 7.82 Å². The monoisotopic (exact) mass is 379 g/mol. The first kappa shape index (κ1) is 26.6. The van der Waals surface area contributed by atoms with Crippen molar-refractivity contribution in [1.29, 1.82) is 0 Å². The van der Waals surface area contributed by atoms with Gasteiger partial charge in [0.15, 0.2) is 0 Å². The number of azide groups is 1. The van der Waals surface area contributed by atoms with E-state index in [4.69, 9.17) is 24.8 Å². The van der Waals surface area contributed by atoms with Gasteiger partial charge in [-0.2, -0.15) is 0 Å². The Balaban J connectivity index is 0. The lowest BCUT2D eigenvalue weighted by Gasteiger charge is -2.03. The molecule has 0 atom stereocenters. The maximum atomic E-state index is 8.88. The Morgan fingerprint density at radius 1 is 0.720 bits per heavy atom. The molecule has 0 aromatic carbocycles. The second-order valence-corrected chi connectivity index (χ2v) is 7.44. The van der Waals surface area contributed by atoms with Crippen molar-refractivity contribution in [1.82, 2.24) is 0 Å². The van der Waals surface area contributed by atoms with Crippen LogP contribution in [0.15, 0.2) is 5.11 Å². The van der Waals surface area contributed by atoms with Gasteiger partial charge in [0.25, 0.3) is 0 Å². The summed E-state index contributed by atoms with van der Waals surface area (Å²) in [7, 11) is -4.64. The summed E-state index contributed by atoms with van der Waals surface area (Å²) in [6.07, 6.45) is 20.6. The smallest absolute Gasteiger partial charge is 0.303 e. The molecular weight excluding hydrogens is 341 g/mol. The molecule has 25 heavy (non-hydrogen) atoms. The summed E-state index contributed by atoms with van der Waals surface area (Å²) >= 11 is 0. The van der Waals surface area contributed by atoms with Crippen LogP contribution in [0.5, 0.6) is 0 Å². The van der Waals surface area contributed by atoms with Crippen LogP contribution in [0.3, 0.4) is 0 Å². The molecule has 0 saturated carbocycles. The number of unbranched alkanes of at least 4 members (excludes halogenated alkanes) is 14. The SMILES string of the molecule is CCCCCCCCCCCCCCCCCN=[N+]=[N-].O=P(O)(O)O. The third-order valence-corrected chi connectivity index (χ3v) is 3.92. The molecule has 0 saturated heterocycles. The van der Waals surface area contributed by atoms with E-state index in [-0.39, 0.29) is 0 Å². The molecule has 8 heteroatoms. The molecule has 0 aliphatic heterocycles. The number of hydrogen-bond acceptors (Lipinski definition) is 2. The standard InChI is InChI=1S/C17H35N3.H3O4P/c1-2-3-4-5-6-7-8-9-10-11-12-13-14-15-16-17-19-20-18;1-5(2,3)4/h2-17H2,1H3;(H3,1,2,3,4). The molecule has 0 unspecified atom stereocenters. The van der Waals surface area contributed by atoms with Crippen molar-refractivity contribution >= 4 is 7.82 Å². The molecule has 150 valence electrons. The molecular formula is C17H38N3O4P. The first-order chi connectivity index (χ1) is 11.9. The lowest BCUT2D eigenvalue weighted by Crippen LogP contribution is -1.84. The van der Waals surface area contributed by atoms with E-state index in [1.807, 2.05) is 0 Å². The van der Waals surface area contributed by atoms with Gasteiger partial charge in [-0.05, 0) is 12.0 Å². The van der Waals surface area contributed by atoms with Crippen LogP contribution in [0.4, 0.5) is 0 Å². The highest BCUT2D eigenvalue weighted by Crippen LogP contribution is 2.25. The maximum Gasteiger partial charge on any atom is 0.466 e. The molecule has 3 N–H and O–H groups in total. The van der Waals surface area contributed by atoms with Gasteiger partial charge in [-0.15, -0.1) is 0 Å². The van der Waals surface area contributed by atoms with Crippen LogP contribution in [-0.4, -0.2) is 21.2 Å². The largest absolute Gasteiger partial charge is 0.466 e. The van der Waals surface area contributed by atoms with Crippen LogP contribution in [0.25, 0.3) is 10.4 Å². The fraction of sp³-hybridized carbons (Fsp3) is 1.00. The minimum Gasteiger partial charge on any atom is -0.303 e. The Hall–Kier alpha value is -0.580. The van der Waals surface area contributed by atoms with E-state index in [1.165, 1.54) is 89.9 Å². The van der Waals surface area contributed by atoms with Crippen LogP contribution in [-0.2, 0) is 4.57 Å². The molecule has 0 rings (SSSR count). The third-order valence-electron chi connectivity index (χ3n) is 3.92. The molecule has 0 bridgehead atoms. The van der Waals surface area contributed by atoms with Crippen LogP contribution in [0.1, 0.15) is 103 Å². The molecule has 7 nitrogen and oxygen atoms in total. The Bertz CT molecular complexity index is 350. The summed E-state index contributed by atoms with van der Waals surface area (Å²) in [5.74, 6) is 0. The van der Waals surface area contributed by atoms with Crippen molar-refractivity contribution in [2.75, 3.05) is 6.54 Å². The second kappa shape index (κ2) is 21.5. The predicted molar refractivity (Wildman–Crippen MR) is 103 cm³/mol. The molecule has 0 aliphatic rings. The third kappa shape index (κ3) is 39.9. The molecule has 0 spiro atoms. The van der Waals surface area contributed by atoms with Crippen molar-refractivity contribution in [2.24, 2.45) is 5.11 Å². The minimum atomic E-state index is -4.64. The number of nitrogens with zero attached hydrogens (tertiary/aromatic N) is 3. The van der Waals surface area contributed by atoms with Gasteiger partial charge in [-0.3, -0.25) is 0 Å². The van der Waals surface area contributed by atoms with Crippen molar-refractivity contribution < 1.29 is 19.2 Å². The van der Waals surface area contributed by atoms with Crippen molar-refractivity contribution in [3.05, 3.63) is 10.4 Å². The Kier molecular flexibility index (Phi) is 22.9. The van der Waals surface area contributed by atoms with Crippen LogP contribution < -0.4 is 0 Å². The number of rotatable bonds is 16. The van der Waals surface area contributed by atoms with Crippen molar-refractivity contribution in [3.63, 3.8) is 0 Å². The zero-order valence-corrected chi connectivity index (χ0v) is 16.7. The first-order valence-corrected chi connectivity index (χ1v) is 11.3. The highest BCUT2D eigenvalue weighted by atomic mass is 31.2. The summed E-state index contributed by atoms with van der Waals surface area (Å²) in [6.45, 7) is 2.95. The zero-order valence-electron chi connectivity index (χ0n) is 15.9. The normalized spacial score (nSPS) is 10.7. The number of phosphoric acid groups is 1. The quantitative estimate of drug-likeness (QED) is 0.0964. The van der Waals surface area contributed by atoms with Crippen LogP contribution in [0.2, 0.25) is 0 Å². The molecule has 0 radical (unpaired) electrons. The van der Waals surface area contributed by atoms with Crippen molar-refractivity contribution in [3.8, 4) is 0 Å².